The predicted molar refractivity (Wildman–Crippen MR) is 93.4 cm³/mol. The van der Waals surface area contributed by atoms with Gasteiger partial charge < -0.3 is 0 Å². The fourth-order valence-corrected chi connectivity index (χ4v) is 3.58. The Hall–Kier alpha value is -0.964. The summed E-state index contributed by atoms with van der Waals surface area (Å²) in [5.41, 5.74) is 0. The van der Waals surface area contributed by atoms with E-state index < -0.39 is 0 Å². The molecule has 0 bridgehead atoms. The maximum Gasteiger partial charge on any atom is 0 e. The van der Waals surface area contributed by atoms with E-state index in [1.807, 2.05) is 0 Å². The monoisotopic (exact) mass is 291 g/mol. The van der Waals surface area contributed by atoms with Crippen LogP contribution in [0.5, 0.6) is 0 Å². The molecule has 0 aliphatic carbocycles. The summed E-state index contributed by atoms with van der Waals surface area (Å²) in [7, 11) is 0. The van der Waals surface area contributed by atoms with E-state index in [1.165, 1.54) is 43.1 Å². The zero-order chi connectivity index (χ0) is 13.1. The van der Waals surface area contributed by atoms with Crippen LogP contribution >= 0.6 is 0 Å². The van der Waals surface area contributed by atoms with Gasteiger partial charge in [0.2, 0.25) is 0 Å². The molecule has 0 aliphatic rings. The first-order valence-corrected chi connectivity index (χ1v) is 6.98. The van der Waals surface area contributed by atoms with Crippen molar-refractivity contribution >= 4 is 94.5 Å². The minimum absolute atomic E-state index is 0. The van der Waals surface area contributed by atoms with E-state index in [4.69, 9.17) is 0 Å². The Bertz CT molecular complexity index is 923. The molecule has 0 atom stereocenters. The summed E-state index contributed by atoms with van der Waals surface area (Å²) >= 11 is 0. The molecule has 1 radical (unpaired) electrons. The average molecular weight is 291 g/mol. The summed E-state index contributed by atoms with van der Waals surface area (Å²) in [6.07, 6.45) is 0. The largest absolute Gasteiger partial charge is 0.0610 e. The molecule has 0 saturated heterocycles. The van der Waals surface area contributed by atoms with Gasteiger partial charge in [-0.05, 0) is 43.1 Å². The van der Waals surface area contributed by atoms with Crippen molar-refractivity contribution in [1.29, 1.82) is 0 Å². The van der Waals surface area contributed by atoms with Crippen LogP contribution in [0, 0.1) is 0 Å². The van der Waals surface area contributed by atoms with E-state index in [9.17, 15) is 0 Å². The minimum Gasteiger partial charge on any atom is -0.0610 e. The first kappa shape index (κ1) is 13.7. The van der Waals surface area contributed by atoms with Crippen LogP contribution in [0.2, 0.25) is 0 Å². The van der Waals surface area contributed by atoms with Crippen LogP contribution in [-0.2, 0) is 0 Å². The molecule has 1 heteroatoms. The second-order valence-corrected chi connectivity index (χ2v) is 5.42. The Morgan fingerprint density at radius 2 is 0.667 bits per heavy atom. The molecule has 0 aliphatic heterocycles. The molecular weight excluding hydrogens is 279 g/mol. The molecule has 5 rings (SSSR count). The van der Waals surface area contributed by atoms with E-state index in [2.05, 4.69) is 72.8 Å². The Labute approximate surface area is 165 Å². The summed E-state index contributed by atoms with van der Waals surface area (Å²) < 4.78 is 0. The van der Waals surface area contributed by atoms with E-state index in [-0.39, 0.29) is 51.4 Å². The number of rotatable bonds is 0. The zero-order valence-electron chi connectivity index (χ0n) is 11.9. The molecule has 0 N–H and O–H groups in total. The first-order valence-electron chi connectivity index (χ1n) is 6.98. The Morgan fingerprint density at radius 1 is 0.381 bits per heavy atom. The maximum atomic E-state index is 2.25. The van der Waals surface area contributed by atoms with Gasteiger partial charge in [0.25, 0.3) is 0 Å². The number of fused-ring (bicyclic) bond motifs is 2. The first-order chi connectivity index (χ1) is 9.93. The van der Waals surface area contributed by atoms with Crippen LogP contribution in [-0.4, -0.2) is 51.4 Å². The van der Waals surface area contributed by atoms with Gasteiger partial charge >= 0.3 is 0 Å². The van der Waals surface area contributed by atoms with Crippen LogP contribution in [0.15, 0.2) is 72.8 Å². The van der Waals surface area contributed by atoms with E-state index in [1.54, 1.807) is 0 Å². The van der Waals surface area contributed by atoms with Gasteiger partial charge in [-0.3, -0.25) is 0 Å². The normalized spacial score (nSPS) is 11.4. The third kappa shape index (κ3) is 1.82. The van der Waals surface area contributed by atoms with Gasteiger partial charge in [0.05, 0.1) is 0 Å². The standard InChI is InChI=1S/C20H12.K/c1-5-13-6-2-11-17-18-12-4-8-14-7-3-10-16(20(14)18)15(9-1)19(13)17;/h1-12H;. The molecule has 0 fully saturated rings. The summed E-state index contributed by atoms with van der Waals surface area (Å²) in [6, 6.07) is 26.4. The zero-order valence-corrected chi connectivity index (χ0v) is 15.1. The molecule has 21 heavy (non-hydrogen) atoms. The van der Waals surface area contributed by atoms with E-state index in [0.717, 1.165) is 0 Å². The smallest absolute Gasteiger partial charge is 0 e. The second-order valence-electron chi connectivity index (χ2n) is 5.42. The van der Waals surface area contributed by atoms with Crippen LogP contribution in [0.25, 0.3) is 43.1 Å². The number of hydrogen-bond acceptors (Lipinski definition) is 0. The molecule has 0 unspecified atom stereocenters. The molecule has 93 valence electrons. The van der Waals surface area contributed by atoms with Gasteiger partial charge in [0.1, 0.15) is 0 Å². The summed E-state index contributed by atoms with van der Waals surface area (Å²) in [5.74, 6) is 0. The van der Waals surface area contributed by atoms with E-state index >= 15 is 0 Å². The van der Waals surface area contributed by atoms with Crippen molar-refractivity contribution < 1.29 is 0 Å². The van der Waals surface area contributed by atoms with Gasteiger partial charge in [-0.2, -0.15) is 0 Å². The molecule has 0 amide bonds. The minimum atomic E-state index is 0. The van der Waals surface area contributed by atoms with Gasteiger partial charge in [-0.25, -0.2) is 0 Å². The predicted octanol–water partition coefficient (Wildman–Crippen LogP) is 5.36. The van der Waals surface area contributed by atoms with Crippen molar-refractivity contribution in [3.8, 4) is 0 Å². The Morgan fingerprint density at radius 3 is 0.952 bits per heavy atom. The van der Waals surface area contributed by atoms with Crippen molar-refractivity contribution in [3.63, 3.8) is 0 Å². The molecule has 0 nitrogen and oxygen atoms in total. The maximum absolute atomic E-state index is 2.25. The Balaban J connectivity index is 0.00000115. The Kier molecular flexibility index (Phi) is 3.29. The van der Waals surface area contributed by atoms with Crippen LogP contribution in [0.3, 0.4) is 0 Å². The average Bonchev–Trinajstić information content (AvgIpc) is 2.52. The molecule has 5 aromatic carbocycles. The van der Waals surface area contributed by atoms with Crippen molar-refractivity contribution in [3.05, 3.63) is 72.8 Å². The van der Waals surface area contributed by atoms with Gasteiger partial charge in [-0.1, -0.05) is 72.8 Å². The molecule has 0 heterocycles. The molecular formula is C20H12K. The summed E-state index contributed by atoms with van der Waals surface area (Å²) in [6.45, 7) is 0. The fraction of sp³-hybridized carbons (Fsp3) is 0. The van der Waals surface area contributed by atoms with E-state index in [0.29, 0.717) is 0 Å². The third-order valence-corrected chi connectivity index (χ3v) is 4.39. The number of benzene rings is 5. The van der Waals surface area contributed by atoms with Crippen molar-refractivity contribution in [2.45, 2.75) is 0 Å². The molecule has 0 saturated carbocycles. The van der Waals surface area contributed by atoms with Crippen LogP contribution in [0.1, 0.15) is 0 Å². The molecule has 0 spiro atoms. The summed E-state index contributed by atoms with van der Waals surface area (Å²) in [5, 5.41) is 10.9. The molecule has 0 aromatic heterocycles. The summed E-state index contributed by atoms with van der Waals surface area (Å²) in [4.78, 5) is 0. The SMILES string of the molecule is [K].c1cc2cccc3c4cccc5cccc(c(c1)c23)c54. The quantitative estimate of drug-likeness (QED) is 0.205. The third-order valence-electron chi connectivity index (χ3n) is 4.39. The van der Waals surface area contributed by atoms with Crippen LogP contribution < -0.4 is 0 Å². The topological polar surface area (TPSA) is 0 Å². The van der Waals surface area contributed by atoms with Gasteiger partial charge in [0, 0.05) is 51.4 Å². The van der Waals surface area contributed by atoms with Gasteiger partial charge in [0.15, 0.2) is 0 Å². The fourth-order valence-electron chi connectivity index (χ4n) is 3.58. The van der Waals surface area contributed by atoms with Crippen molar-refractivity contribution in [2.75, 3.05) is 0 Å². The number of hydrogen-bond donors (Lipinski definition) is 0. The van der Waals surface area contributed by atoms with Crippen molar-refractivity contribution in [2.24, 2.45) is 0 Å². The second kappa shape index (κ2) is 5.04. The van der Waals surface area contributed by atoms with Gasteiger partial charge in [-0.15, -0.1) is 0 Å². The van der Waals surface area contributed by atoms with Crippen LogP contribution in [0.4, 0.5) is 0 Å². The molecule has 5 aromatic rings. The van der Waals surface area contributed by atoms with Crippen molar-refractivity contribution in [1.82, 2.24) is 0 Å².